The van der Waals surface area contributed by atoms with Gasteiger partial charge in [-0.1, -0.05) is 18.2 Å². The van der Waals surface area contributed by atoms with E-state index in [2.05, 4.69) is 18.7 Å². The van der Waals surface area contributed by atoms with Crippen LogP contribution in [0.1, 0.15) is 26.7 Å². The predicted molar refractivity (Wildman–Crippen MR) is 94.4 cm³/mol. The molecule has 2 aliphatic rings. The zero-order chi connectivity index (χ0) is 17.3. The number of sulfonamides is 1. The molecule has 0 unspecified atom stereocenters. The van der Waals surface area contributed by atoms with E-state index in [9.17, 15) is 8.42 Å². The molecule has 0 N–H and O–H groups in total. The fourth-order valence-corrected chi connectivity index (χ4v) is 5.55. The lowest BCUT2D eigenvalue weighted by Crippen LogP contribution is -2.66. The van der Waals surface area contributed by atoms with Crippen LogP contribution in [0.5, 0.6) is 0 Å². The van der Waals surface area contributed by atoms with E-state index in [1.54, 1.807) is 35.7 Å². The zero-order valence-electron chi connectivity index (χ0n) is 14.8. The van der Waals surface area contributed by atoms with Crippen LogP contribution in [0.2, 0.25) is 0 Å². The van der Waals surface area contributed by atoms with Crippen LogP contribution in [0.3, 0.4) is 0 Å². The van der Waals surface area contributed by atoms with Gasteiger partial charge in [0.2, 0.25) is 10.0 Å². The van der Waals surface area contributed by atoms with Crippen molar-refractivity contribution in [2.24, 2.45) is 5.92 Å². The molecule has 0 aromatic heterocycles. The Kier molecular flexibility index (Phi) is 5.30. The van der Waals surface area contributed by atoms with Gasteiger partial charge in [0.25, 0.3) is 0 Å². The van der Waals surface area contributed by atoms with Gasteiger partial charge in [0.15, 0.2) is 0 Å². The highest BCUT2D eigenvalue weighted by atomic mass is 32.2. The Labute approximate surface area is 145 Å². The minimum absolute atomic E-state index is 0.287. The van der Waals surface area contributed by atoms with Crippen LogP contribution in [0.4, 0.5) is 0 Å². The van der Waals surface area contributed by atoms with E-state index in [0.717, 1.165) is 19.4 Å². The summed E-state index contributed by atoms with van der Waals surface area (Å²) in [6.45, 7) is 6.62. The van der Waals surface area contributed by atoms with Crippen LogP contribution in [0, 0.1) is 5.92 Å². The second-order valence-electron chi connectivity index (χ2n) is 7.11. The highest BCUT2D eigenvalue weighted by Gasteiger charge is 2.46. The second kappa shape index (κ2) is 7.12. The van der Waals surface area contributed by atoms with Gasteiger partial charge in [0.1, 0.15) is 0 Å². The van der Waals surface area contributed by atoms with E-state index < -0.39 is 10.0 Å². The van der Waals surface area contributed by atoms with Crippen molar-refractivity contribution in [3.63, 3.8) is 0 Å². The number of hydrogen-bond acceptors (Lipinski definition) is 4. The first kappa shape index (κ1) is 17.9. The molecule has 3 rings (SSSR count). The Morgan fingerprint density at radius 2 is 1.75 bits per heavy atom. The van der Waals surface area contributed by atoms with Crippen LogP contribution in [0.25, 0.3) is 0 Å². The lowest BCUT2D eigenvalue weighted by molar-refractivity contribution is -0.127. The van der Waals surface area contributed by atoms with Crippen LogP contribution in [-0.4, -0.2) is 62.6 Å². The topological polar surface area (TPSA) is 49.9 Å². The Morgan fingerprint density at radius 3 is 2.29 bits per heavy atom. The smallest absolute Gasteiger partial charge is 0.243 e. The molecule has 0 saturated carbocycles. The molecule has 2 heterocycles. The molecule has 0 aliphatic carbocycles. The number of ether oxygens (including phenoxy) is 1. The highest BCUT2D eigenvalue weighted by Crippen LogP contribution is 2.36. The molecule has 0 amide bonds. The number of benzene rings is 1. The quantitative estimate of drug-likeness (QED) is 0.815. The van der Waals surface area contributed by atoms with Gasteiger partial charge in [-0.3, -0.25) is 4.90 Å². The summed E-state index contributed by atoms with van der Waals surface area (Å²) in [6.07, 6.45) is 2.09. The molecule has 6 heteroatoms. The molecular formula is C18H28N2O3S. The minimum Gasteiger partial charge on any atom is -0.378 e. The molecule has 2 aliphatic heterocycles. The second-order valence-corrected chi connectivity index (χ2v) is 9.05. The summed E-state index contributed by atoms with van der Waals surface area (Å²) in [5, 5.41) is 0. The standard InChI is InChI=1S/C18H28N2O3S/c1-14(2)20-13-17(23-3)18(20)15-9-11-19(12-10-15)24(21,22)16-7-5-4-6-8-16/h4-8,14-15,17-18H,9-13H2,1-3H3/t17-,18-/m0/s1. The van der Waals surface area contributed by atoms with E-state index >= 15 is 0 Å². The summed E-state index contributed by atoms with van der Waals surface area (Å²) in [5.74, 6) is 0.508. The molecular weight excluding hydrogens is 324 g/mol. The molecule has 5 nitrogen and oxygen atoms in total. The molecule has 134 valence electrons. The van der Waals surface area contributed by atoms with Crippen molar-refractivity contribution in [3.8, 4) is 0 Å². The molecule has 0 radical (unpaired) electrons. The highest BCUT2D eigenvalue weighted by molar-refractivity contribution is 7.89. The largest absolute Gasteiger partial charge is 0.378 e. The molecule has 24 heavy (non-hydrogen) atoms. The van der Waals surface area contributed by atoms with Crippen molar-refractivity contribution >= 4 is 10.0 Å². The van der Waals surface area contributed by atoms with Gasteiger partial charge in [-0.25, -0.2) is 8.42 Å². The average molecular weight is 353 g/mol. The zero-order valence-corrected chi connectivity index (χ0v) is 15.6. The van der Waals surface area contributed by atoms with Crippen LogP contribution < -0.4 is 0 Å². The summed E-state index contributed by atoms with van der Waals surface area (Å²) in [5.41, 5.74) is 0. The summed E-state index contributed by atoms with van der Waals surface area (Å²) >= 11 is 0. The molecule has 2 saturated heterocycles. The third kappa shape index (κ3) is 3.25. The average Bonchev–Trinajstić information content (AvgIpc) is 2.55. The summed E-state index contributed by atoms with van der Waals surface area (Å²) in [4.78, 5) is 2.88. The maximum absolute atomic E-state index is 12.7. The molecule has 0 spiro atoms. The first-order valence-corrected chi connectivity index (χ1v) is 10.2. The van der Waals surface area contributed by atoms with Gasteiger partial charge in [-0.2, -0.15) is 4.31 Å². The molecule has 2 atom stereocenters. The van der Waals surface area contributed by atoms with E-state index in [1.807, 2.05) is 6.07 Å². The molecule has 2 fully saturated rings. The normalized spacial score (nSPS) is 27.3. The van der Waals surface area contributed by atoms with Gasteiger partial charge in [-0.15, -0.1) is 0 Å². The number of nitrogens with zero attached hydrogens (tertiary/aromatic N) is 2. The SMILES string of the molecule is CO[C@H]1CN(C(C)C)[C@H]1C1CCN(S(=O)(=O)c2ccccc2)CC1. The van der Waals surface area contributed by atoms with Crippen LogP contribution >= 0.6 is 0 Å². The van der Waals surface area contributed by atoms with Gasteiger partial charge in [0, 0.05) is 38.8 Å². The number of piperidine rings is 1. The summed E-state index contributed by atoms with van der Waals surface area (Å²) < 4.78 is 32.7. The summed E-state index contributed by atoms with van der Waals surface area (Å²) in [7, 11) is -1.58. The lowest BCUT2D eigenvalue weighted by Gasteiger charge is -2.54. The summed E-state index contributed by atoms with van der Waals surface area (Å²) in [6, 6.07) is 9.68. The van der Waals surface area contributed by atoms with Gasteiger partial charge < -0.3 is 4.74 Å². The Balaban J connectivity index is 1.65. The fraction of sp³-hybridized carbons (Fsp3) is 0.667. The Hall–Kier alpha value is -0.950. The van der Waals surface area contributed by atoms with Crippen molar-refractivity contribution in [3.05, 3.63) is 30.3 Å². The molecule has 1 aromatic carbocycles. The maximum atomic E-state index is 12.7. The van der Waals surface area contributed by atoms with Gasteiger partial charge in [0.05, 0.1) is 11.0 Å². The van der Waals surface area contributed by atoms with Crippen molar-refractivity contribution in [1.29, 1.82) is 0 Å². The van der Waals surface area contributed by atoms with Crippen molar-refractivity contribution < 1.29 is 13.2 Å². The van der Waals surface area contributed by atoms with Gasteiger partial charge in [-0.05, 0) is 44.7 Å². The maximum Gasteiger partial charge on any atom is 0.243 e. The predicted octanol–water partition coefficient (Wildman–Crippen LogP) is 2.19. The van der Waals surface area contributed by atoms with Crippen LogP contribution in [0.15, 0.2) is 35.2 Å². The monoisotopic (exact) mass is 352 g/mol. The number of hydrogen-bond donors (Lipinski definition) is 0. The first-order chi connectivity index (χ1) is 11.4. The molecule has 0 bridgehead atoms. The lowest BCUT2D eigenvalue weighted by atomic mass is 9.80. The van der Waals surface area contributed by atoms with E-state index in [4.69, 9.17) is 4.74 Å². The molecule has 1 aromatic rings. The van der Waals surface area contributed by atoms with E-state index in [0.29, 0.717) is 36.0 Å². The van der Waals surface area contributed by atoms with Crippen LogP contribution in [-0.2, 0) is 14.8 Å². The third-order valence-electron chi connectivity index (χ3n) is 5.48. The number of likely N-dealkylation sites (tertiary alicyclic amines) is 1. The van der Waals surface area contributed by atoms with Crippen molar-refractivity contribution in [2.45, 2.75) is 49.8 Å². The van der Waals surface area contributed by atoms with Crippen molar-refractivity contribution in [1.82, 2.24) is 9.21 Å². The van der Waals surface area contributed by atoms with E-state index in [-0.39, 0.29) is 6.10 Å². The third-order valence-corrected chi connectivity index (χ3v) is 7.40. The number of rotatable bonds is 5. The Morgan fingerprint density at radius 1 is 1.12 bits per heavy atom. The van der Waals surface area contributed by atoms with Gasteiger partial charge >= 0.3 is 0 Å². The van der Waals surface area contributed by atoms with Crippen molar-refractivity contribution in [2.75, 3.05) is 26.7 Å². The van der Waals surface area contributed by atoms with E-state index in [1.165, 1.54) is 0 Å². The number of methoxy groups -OCH3 is 1. The fourth-order valence-electron chi connectivity index (χ4n) is 4.06. The Bertz CT molecular complexity index is 639. The first-order valence-electron chi connectivity index (χ1n) is 8.79. The minimum atomic E-state index is -3.36.